The second-order valence-corrected chi connectivity index (χ2v) is 9.45. The predicted molar refractivity (Wildman–Crippen MR) is 125 cm³/mol. The van der Waals surface area contributed by atoms with Crippen LogP contribution in [0.1, 0.15) is 24.4 Å². The van der Waals surface area contributed by atoms with Crippen LogP contribution in [0.4, 0.5) is 11.5 Å². The maximum Gasteiger partial charge on any atom is 0.270 e. The Morgan fingerprint density at radius 3 is 2.27 bits per heavy atom. The Bertz CT molecular complexity index is 1250. The number of fused-ring (bicyclic) bond motifs is 1. The number of sulfonamides is 1. The number of hydrogen-bond acceptors (Lipinski definition) is 9. The lowest BCUT2D eigenvalue weighted by atomic mass is 10.0. The number of likely N-dealkylation sites (tertiary alicyclic amines) is 1. The van der Waals surface area contributed by atoms with E-state index in [4.69, 9.17) is 18.7 Å². The van der Waals surface area contributed by atoms with Crippen LogP contribution < -0.4 is 24.2 Å². The Morgan fingerprint density at radius 2 is 1.73 bits per heavy atom. The SMILES string of the molecule is CNc1cc2onc(NS(=O)(=O)c3c(OC)cc([C@H]4CCCN4C)cc3OC)c2cc1OC. The molecule has 0 saturated carbocycles. The summed E-state index contributed by atoms with van der Waals surface area (Å²) in [6.45, 7) is 0.981. The van der Waals surface area contributed by atoms with Crippen molar-refractivity contribution in [1.29, 1.82) is 0 Å². The lowest BCUT2D eigenvalue weighted by Crippen LogP contribution is -2.19. The van der Waals surface area contributed by atoms with Crippen molar-refractivity contribution in [3.63, 3.8) is 0 Å². The van der Waals surface area contributed by atoms with E-state index in [9.17, 15) is 8.42 Å². The Hall–Kier alpha value is -3.18. The van der Waals surface area contributed by atoms with Gasteiger partial charge in [-0.15, -0.1) is 0 Å². The molecule has 4 rings (SSSR count). The maximum atomic E-state index is 13.5. The van der Waals surface area contributed by atoms with Gasteiger partial charge in [0.25, 0.3) is 10.0 Å². The van der Waals surface area contributed by atoms with E-state index in [1.54, 1.807) is 31.3 Å². The number of benzene rings is 2. The average molecular weight is 477 g/mol. The van der Waals surface area contributed by atoms with E-state index in [-0.39, 0.29) is 28.3 Å². The van der Waals surface area contributed by atoms with Gasteiger partial charge in [-0.05, 0) is 50.2 Å². The number of nitrogens with one attached hydrogen (secondary N) is 2. The van der Waals surface area contributed by atoms with E-state index >= 15 is 0 Å². The minimum atomic E-state index is -4.14. The third-order valence-electron chi connectivity index (χ3n) is 5.95. The topological polar surface area (TPSA) is 115 Å². The molecule has 0 bridgehead atoms. The summed E-state index contributed by atoms with van der Waals surface area (Å²) in [5, 5.41) is 7.37. The molecule has 2 heterocycles. The normalized spacial score (nSPS) is 16.7. The van der Waals surface area contributed by atoms with Gasteiger partial charge in [0.1, 0.15) is 17.2 Å². The molecule has 11 heteroatoms. The first kappa shape index (κ1) is 23.0. The molecular formula is C22H28N4O6S. The standard InChI is InChI=1S/C22H28N4O6S/c1-23-15-12-17-14(11-18(15)29-3)22(24-32-17)25-33(27,28)21-19(30-4)9-13(10-20(21)31-5)16-7-6-8-26(16)2/h9-12,16,23H,6-8H2,1-5H3,(H,24,25)/t16-/m1/s1. The predicted octanol–water partition coefficient (Wildman–Crippen LogP) is 3.46. The van der Waals surface area contributed by atoms with E-state index in [1.165, 1.54) is 21.3 Å². The van der Waals surface area contributed by atoms with Crippen molar-refractivity contribution in [3.8, 4) is 17.2 Å². The van der Waals surface area contributed by atoms with Crippen LogP contribution in [0, 0.1) is 0 Å². The number of rotatable bonds is 8. The Labute approximate surface area is 192 Å². The number of hydrogen-bond donors (Lipinski definition) is 2. The highest BCUT2D eigenvalue weighted by Gasteiger charge is 2.31. The second-order valence-electron chi connectivity index (χ2n) is 7.83. The molecule has 1 aromatic heterocycles. The summed E-state index contributed by atoms with van der Waals surface area (Å²) < 4.78 is 51.2. The van der Waals surface area contributed by atoms with Gasteiger partial charge in [-0.2, -0.15) is 0 Å². The van der Waals surface area contributed by atoms with Crippen LogP contribution in [-0.4, -0.2) is 60.4 Å². The molecule has 0 unspecified atom stereocenters. The molecular weight excluding hydrogens is 448 g/mol. The largest absolute Gasteiger partial charge is 0.495 e. The van der Waals surface area contributed by atoms with E-state index < -0.39 is 10.0 Å². The van der Waals surface area contributed by atoms with Crippen LogP contribution in [0.3, 0.4) is 0 Å². The Balaban J connectivity index is 1.77. The minimum Gasteiger partial charge on any atom is -0.495 e. The first-order valence-electron chi connectivity index (χ1n) is 10.5. The van der Waals surface area contributed by atoms with Crippen LogP contribution in [-0.2, 0) is 10.0 Å². The minimum absolute atomic E-state index is 0.0367. The number of ether oxygens (including phenoxy) is 3. The monoisotopic (exact) mass is 476 g/mol. The van der Waals surface area contributed by atoms with Crippen LogP contribution in [0.5, 0.6) is 17.2 Å². The molecule has 0 amide bonds. The van der Waals surface area contributed by atoms with Gasteiger partial charge in [-0.25, -0.2) is 8.42 Å². The van der Waals surface area contributed by atoms with Crippen molar-refractivity contribution in [2.75, 3.05) is 52.0 Å². The highest BCUT2D eigenvalue weighted by Crippen LogP contribution is 2.41. The Morgan fingerprint density at radius 1 is 1.06 bits per heavy atom. The highest BCUT2D eigenvalue weighted by atomic mass is 32.2. The number of aromatic nitrogens is 1. The summed E-state index contributed by atoms with van der Waals surface area (Å²) in [6, 6.07) is 7.03. The van der Waals surface area contributed by atoms with Crippen LogP contribution in [0.2, 0.25) is 0 Å². The fourth-order valence-electron chi connectivity index (χ4n) is 4.27. The molecule has 1 aliphatic heterocycles. The molecule has 3 aromatic rings. The lowest BCUT2D eigenvalue weighted by molar-refractivity contribution is 0.313. The summed E-state index contributed by atoms with van der Waals surface area (Å²) >= 11 is 0. The summed E-state index contributed by atoms with van der Waals surface area (Å²) in [5.74, 6) is 0.948. The fraction of sp³-hybridized carbons (Fsp3) is 0.409. The molecule has 0 radical (unpaired) electrons. The van der Waals surface area contributed by atoms with Crippen molar-refractivity contribution in [3.05, 3.63) is 29.8 Å². The third kappa shape index (κ3) is 4.13. The van der Waals surface area contributed by atoms with E-state index in [0.717, 1.165) is 24.9 Å². The highest BCUT2D eigenvalue weighted by molar-refractivity contribution is 7.93. The lowest BCUT2D eigenvalue weighted by Gasteiger charge is -2.22. The second kappa shape index (κ2) is 8.99. The summed E-state index contributed by atoms with van der Waals surface area (Å²) in [4.78, 5) is 2.13. The number of nitrogens with zero attached hydrogens (tertiary/aromatic N) is 2. The zero-order valence-electron chi connectivity index (χ0n) is 19.3. The quantitative estimate of drug-likeness (QED) is 0.504. The van der Waals surface area contributed by atoms with Crippen molar-refractivity contribution < 1.29 is 27.2 Å². The summed E-state index contributed by atoms with van der Waals surface area (Å²) in [5.41, 5.74) is 2.03. The molecule has 10 nitrogen and oxygen atoms in total. The van der Waals surface area contributed by atoms with Crippen LogP contribution in [0.15, 0.2) is 33.7 Å². The van der Waals surface area contributed by atoms with Gasteiger partial charge in [0.05, 0.1) is 32.4 Å². The van der Waals surface area contributed by atoms with Gasteiger partial charge in [-0.1, -0.05) is 5.16 Å². The molecule has 2 aromatic carbocycles. The summed E-state index contributed by atoms with van der Waals surface area (Å²) in [6.07, 6.45) is 2.06. The zero-order valence-corrected chi connectivity index (χ0v) is 20.1. The van der Waals surface area contributed by atoms with Crippen molar-refractivity contribution in [1.82, 2.24) is 10.1 Å². The van der Waals surface area contributed by atoms with Gasteiger partial charge < -0.3 is 24.1 Å². The van der Waals surface area contributed by atoms with Gasteiger partial charge in [0, 0.05) is 19.2 Å². The van der Waals surface area contributed by atoms with Crippen LogP contribution >= 0.6 is 0 Å². The van der Waals surface area contributed by atoms with E-state index in [1.807, 2.05) is 7.05 Å². The molecule has 1 fully saturated rings. The molecule has 33 heavy (non-hydrogen) atoms. The van der Waals surface area contributed by atoms with Crippen molar-refractivity contribution in [2.24, 2.45) is 0 Å². The average Bonchev–Trinajstić information content (AvgIpc) is 3.42. The maximum absolute atomic E-state index is 13.5. The van der Waals surface area contributed by atoms with Gasteiger partial charge in [0.2, 0.25) is 0 Å². The molecule has 0 aliphatic carbocycles. The molecule has 178 valence electrons. The van der Waals surface area contributed by atoms with Crippen molar-refractivity contribution in [2.45, 2.75) is 23.8 Å². The third-order valence-corrected chi connectivity index (χ3v) is 7.35. The van der Waals surface area contributed by atoms with Gasteiger partial charge >= 0.3 is 0 Å². The molecule has 0 spiro atoms. The number of methoxy groups -OCH3 is 3. The van der Waals surface area contributed by atoms with Crippen molar-refractivity contribution >= 4 is 32.5 Å². The molecule has 2 N–H and O–H groups in total. The first-order valence-corrected chi connectivity index (χ1v) is 12.0. The van der Waals surface area contributed by atoms with Crippen LogP contribution in [0.25, 0.3) is 11.0 Å². The smallest absolute Gasteiger partial charge is 0.270 e. The summed E-state index contributed by atoms with van der Waals surface area (Å²) in [7, 11) is 4.05. The Kier molecular flexibility index (Phi) is 6.26. The molecule has 1 aliphatic rings. The van der Waals surface area contributed by atoms with Gasteiger partial charge in [-0.3, -0.25) is 9.62 Å². The fourth-order valence-corrected chi connectivity index (χ4v) is 5.59. The van der Waals surface area contributed by atoms with E-state index in [2.05, 4.69) is 20.1 Å². The molecule has 1 atom stereocenters. The molecule has 1 saturated heterocycles. The first-order chi connectivity index (χ1) is 15.8. The number of anilines is 2. The van der Waals surface area contributed by atoms with E-state index in [0.29, 0.717) is 22.4 Å². The zero-order chi connectivity index (χ0) is 23.8. The van der Waals surface area contributed by atoms with Gasteiger partial charge in [0.15, 0.2) is 16.3 Å².